The van der Waals surface area contributed by atoms with Crippen LogP contribution in [0.3, 0.4) is 0 Å². The fraction of sp³-hybridized carbons (Fsp3) is 0.538. The van der Waals surface area contributed by atoms with E-state index in [0.717, 1.165) is 0 Å². The Hall–Kier alpha value is -1.24. The van der Waals surface area contributed by atoms with Gasteiger partial charge in [0, 0.05) is 30.2 Å². The molecule has 1 unspecified atom stereocenters. The fourth-order valence-electron chi connectivity index (χ4n) is 1.99. The summed E-state index contributed by atoms with van der Waals surface area (Å²) < 4.78 is 76.3. The van der Waals surface area contributed by atoms with E-state index in [2.05, 4.69) is 5.32 Å². The van der Waals surface area contributed by atoms with Crippen LogP contribution in [0.5, 0.6) is 0 Å². The number of halogens is 6. The van der Waals surface area contributed by atoms with Gasteiger partial charge in [-0.3, -0.25) is 0 Å². The quantitative estimate of drug-likeness (QED) is 0.763. The molecule has 7 heteroatoms. The highest BCUT2D eigenvalue weighted by atomic mass is 19.4. The van der Waals surface area contributed by atoms with E-state index in [1.165, 1.54) is 0 Å². The number of hydrogen-bond donors (Lipinski definition) is 1. The van der Waals surface area contributed by atoms with Crippen LogP contribution in [0.15, 0.2) is 12.1 Å². The first kappa shape index (κ1) is 16.8. The van der Waals surface area contributed by atoms with Crippen LogP contribution in [-0.2, 0) is 0 Å². The van der Waals surface area contributed by atoms with Gasteiger partial charge < -0.3 is 5.32 Å². The van der Waals surface area contributed by atoms with Crippen LogP contribution in [0.25, 0.3) is 0 Å². The monoisotopic (exact) mass is 299 g/mol. The van der Waals surface area contributed by atoms with Gasteiger partial charge in [0.2, 0.25) is 0 Å². The SMILES string of the molecule is CCNC(CCCC(F)(F)F)c1c(F)cc(F)cc1F. The molecule has 0 amide bonds. The normalized spacial score (nSPS) is 13.6. The van der Waals surface area contributed by atoms with Crippen LogP contribution in [-0.4, -0.2) is 12.7 Å². The lowest BCUT2D eigenvalue weighted by molar-refractivity contribution is -0.135. The molecule has 1 nitrogen and oxygen atoms in total. The summed E-state index contributed by atoms with van der Waals surface area (Å²) in [5.41, 5.74) is -0.421. The molecule has 1 atom stereocenters. The van der Waals surface area contributed by atoms with E-state index in [-0.39, 0.29) is 12.8 Å². The van der Waals surface area contributed by atoms with Crippen molar-refractivity contribution in [2.45, 2.75) is 38.4 Å². The summed E-state index contributed by atoms with van der Waals surface area (Å²) in [6.45, 7) is 1.99. The van der Waals surface area contributed by atoms with Crippen LogP contribution in [0, 0.1) is 17.5 Å². The maximum atomic E-state index is 13.6. The average Bonchev–Trinajstić information content (AvgIpc) is 2.25. The maximum absolute atomic E-state index is 13.6. The molecule has 0 aliphatic carbocycles. The van der Waals surface area contributed by atoms with Gasteiger partial charge in [0.1, 0.15) is 17.5 Å². The summed E-state index contributed by atoms with van der Waals surface area (Å²) in [5.74, 6) is -3.25. The number of nitrogens with one attached hydrogen (secondary N) is 1. The van der Waals surface area contributed by atoms with E-state index < -0.39 is 41.7 Å². The molecule has 1 aromatic rings. The second kappa shape index (κ2) is 6.97. The molecule has 1 rings (SSSR count). The first-order valence-corrected chi connectivity index (χ1v) is 6.19. The highest BCUT2D eigenvalue weighted by Gasteiger charge is 2.28. The molecule has 0 saturated heterocycles. The molecule has 1 aromatic carbocycles. The summed E-state index contributed by atoms with van der Waals surface area (Å²) in [5, 5.41) is 2.72. The fourth-order valence-corrected chi connectivity index (χ4v) is 1.99. The van der Waals surface area contributed by atoms with E-state index in [4.69, 9.17) is 0 Å². The smallest absolute Gasteiger partial charge is 0.310 e. The summed E-state index contributed by atoms with van der Waals surface area (Å²) in [7, 11) is 0. The van der Waals surface area contributed by atoms with Gasteiger partial charge in [-0.05, 0) is 19.4 Å². The molecule has 0 aromatic heterocycles. The predicted octanol–water partition coefficient (Wildman–Crippen LogP) is 4.49. The minimum atomic E-state index is -4.31. The molecule has 0 spiro atoms. The van der Waals surface area contributed by atoms with E-state index in [9.17, 15) is 26.3 Å². The number of benzene rings is 1. The highest BCUT2D eigenvalue weighted by molar-refractivity contribution is 5.24. The van der Waals surface area contributed by atoms with Crippen LogP contribution in [0.2, 0.25) is 0 Å². The van der Waals surface area contributed by atoms with Crippen LogP contribution in [0.1, 0.15) is 37.8 Å². The zero-order valence-electron chi connectivity index (χ0n) is 10.8. The topological polar surface area (TPSA) is 12.0 Å². The molecule has 0 saturated carbocycles. The number of rotatable bonds is 6. The first-order valence-electron chi connectivity index (χ1n) is 6.19. The first-order chi connectivity index (χ1) is 9.24. The molecule has 20 heavy (non-hydrogen) atoms. The maximum Gasteiger partial charge on any atom is 0.389 e. The molecule has 0 aliphatic rings. The van der Waals surface area contributed by atoms with Crippen molar-refractivity contribution in [1.29, 1.82) is 0 Å². The van der Waals surface area contributed by atoms with Gasteiger partial charge in [0.15, 0.2) is 0 Å². The second-order valence-corrected chi connectivity index (χ2v) is 4.40. The largest absolute Gasteiger partial charge is 0.389 e. The molecular weight excluding hydrogens is 284 g/mol. The average molecular weight is 299 g/mol. The summed E-state index contributed by atoms with van der Waals surface area (Å²) in [6, 6.07) is 0.127. The van der Waals surface area contributed by atoms with Gasteiger partial charge in [-0.25, -0.2) is 13.2 Å². The van der Waals surface area contributed by atoms with Gasteiger partial charge >= 0.3 is 6.18 Å². The van der Waals surface area contributed by atoms with Gasteiger partial charge in [0.25, 0.3) is 0 Å². The number of alkyl halides is 3. The van der Waals surface area contributed by atoms with E-state index >= 15 is 0 Å². The van der Waals surface area contributed by atoms with Gasteiger partial charge in [-0.1, -0.05) is 6.92 Å². The van der Waals surface area contributed by atoms with Crippen molar-refractivity contribution < 1.29 is 26.3 Å². The summed E-state index contributed by atoms with van der Waals surface area (Å²) >= 11 is 0. The third-order valence-electron chi connectivity index (χ3n) is 2.80. The lowest BCUT2D eigenvalue weighted by Gasteiger charge is -2.20. The van der Waals surface area contributed by atoms with Crippen molar-refractivity contribution in [1.82, 2.24) is 5.32 Å². The summed E-state index contributed by atoms with van der Waals surface area (Å²) in [6.07, 6.45) is -5.69. The highest BCUT2D eigenvalue weighted by Crippen LogP contribution is 2.29. The van der Waals surface area contributed by atoms with Crippen molar-refractivity contribution in [3.05, 3.63) is 35.1 Å². The Balaban J connectivity index is 2.86. The minimum Gasteiger partial charge on any atom is -0.310 e. The third kappa shape index (κ3) is 5.03. The predicted molar refractivity (Wildman–Crippen MR) is 62.6 cm³/mol. The minimum absolute atomic E-state index is 0.0905. The van der Waals surface area contributed by atoms with E-state index in [1.54, 1.807) is 6.92 Å². The second-order valence-electron chi connectivity index (χ2n) is 4.40. The molecule has 0 fully saturated rings. The number of hydrogen-bond acceptors (Lipinski definition) is 1. The van der Waals surface area contributed by atoms with Gasteiger partial charge in [-0.15, -0.1) is 0 Å². The molecule has 0 radical (unpaired) electrons. The van der Waals surface area contributed by atoms with E-state index in [0.29, 0.717) is 18.7 Å². The molecule has 0 bridgehead atoms. The lowest BCUT2D eigenvalue weighted by Crippen LogP contribution is -2.24. The van der Waals surface area contributed by atoms with E-state index in [1.807, 2.05) is 0 Å². The zero-order chi connectivity index (χ0) is 15.3. The third-order valence-corrected chi connectivity index (χ3v) is 2.80. The Kier molecular flexibility index (Phi) is 5.86. The van der Waals surface area contributed by atoms with Gasteiger partial charge in [0.05, 0.1) is 0 Å². The summed E-state index contributed by atoms with van der Waals surface area (Å²) in [4.78, 5) is 0. The van der Waals surface area contributed by atoms with Crippen molar-refractivity contribution >= 4 is 0 Å². The van der Waals surface area contributed by atoms with Crippen molar-refractivity contribution in [2.75, 3.05) is 6.54 Å². The Bertz CT molecular complexity index is 420. The van der Waals surface area contributed by atoms with Crippen LogP contribution in [0.4, 0.5) is 26.3 Å². The molecule has 0 heterocycles. The van der Waals surface area contributed by atoms with Crippen molar-refractivity contribution in [3.63, 3.8) is 0 Å². The molecule has 114 valence electrons. The zero-order valence-corrected chi connectivity index (χ0v) is 10.8. The Morgan fingerprint density at radius 1 is 1.10 bits per heavy atom. The molecular formula is C13H15F6N. The molecule has 0 aliphatic heterocycles. The van der Waals surface area contributed by atoms with Crippen LogP contribution >= 0.6 is 0 Å². The van der Waals surface area contributed by atoms with Crippen molar-refractivity contribution in [3.8, 4) is 0 Å². The van der Waals surface area contributed by atoms with Gasteiger partial charge in [-0.2, -0.15) is 13.2 Å². The standard InChI is InChI=1S/C13H15F6N/c1-2-20-11(4-3-5-13(17,18)19)12-9(15)6-8(14)7-10(12)16/h6-7,11,20H,2-5H2,1H3. The van der Waals surface area contributed by atoms with Crippen molar-refractivity contribution in [2.24, 2.45) is 0 Å². The Morgan fingerprint density at radius 3 is 2.10 bits per heavy atom. The molecule has 1 N–H and O–H groups in total. The Labute approximate surface area is 113 Å². The lowest BCUT2D eigenvalue weighted by atomic mass is 9.99. The Morgan fingerprint density at radius 2 is 1.65 bits per heavy atom. The van der Waals surface area contributed by atoms with Crippen LogP contribution < -0.4 is 5.32 Å².